The molecule has 1 aromatic carbocycles. The molecule has 1 amide bonds. The fraction of sp³-hybridized carbons (Fsp3) is 0.478. The molecule has 0 spiro atoms. The molecule has 0 atom stereocenters. The molecule has 0 unspecified atom stereocenters. The minimum Gasteiger partial charge on any atom is -0.340 e. The lowest BCUT2D eigenvalue weighted by molar-refractivity contribution is 0.0848. The van der Waals surface area contributed by atoms with E-state index in [1.165, 1.54) is 12.1 Å². The number of fused-ring (bicyclic) bond motifs is 1. The van der Waals surface area contributed by atoms with Crippen LogP contribution in [0.5, 0.6) is 0 Å². The molecule has 31 heavy (non-hydrogen) atoms. The van der Waals surface area contributed by atoms with Gasteiger partial charge in [0, 0.05) is 18.2 Å². The van der Waals surface area contributed by atoms with Crippen LogP contribution in [0.4, 0.5) is 4.39 Å². The quantitative estimate of drug-likeness (QED) is 0.681. The summed E-state index contributed by atoms with van der Waals surface area (Å²) in [7, 11) is 0. The van der Waals surface area contributed by atoms with Gasteiger partial charge in [-0.25, -0.2) is 9.07 Å². The van der Waals surface area contributed by atoms with Crippen LogP contribution in [0.2, 0.25) is 0 Å². The maximum absolute atomic E-state index is 13.5. The van der Waals surface area contributed by atoms with Gasteiger partial charge in [0.1, 0.15) is 11.4 Å². The molecular weight excluding hydrogens is 397 g/mol. The number of carbonyl (C=O) groups is 1. The number of hydrogen-bond acceptors (Lipinski definition) is 5. The smallest absolute Gasteiger partial charge is 0.272 e. The molecule has 0 radical (unpaired) electrons. The van der Waals surface area contributed by atoms with E-state index in [1.807, 2.05) is 0 Å². The van der Waals surface area contributed by atoms with Gasteiger partial charge in [-0.05, 0) is 62.8 Å². The van der Waals surface area contributed by atoms with Crippen LogP contribution >= 0.6 is 0 Å². The van der Waals surface area contributed by atoms with Crippen LogP contribution in [0.1, 0.15) is 78.4 Å². The maximum atomic E-state index is 13.5. The minimum absolute atomic E-state index is 0.205. The van der Waals surface area contributed by atoms with Crippen LogP contribution in [-0.4, -0.2) is 25.8 Å². The fourth-order valence-electron chi connectivity index (χ4n) is 4.91. The summed E-state index contributed by atoms with van der Waals surface area (Å²) in [5, 5.41) is 12.1. The second kappa shape index (κ2) is 7.90. The maximum Gasteiger partial charge on any atom is 0.272 e. The van der Waals surface area contributed by atoms with E-state index in [4.69, 9.17) is 9.62 Å². The number of rotatable bonds is 4. The van der Waals surface area contributed by atoms with Crippen LogP contribution in [0.25, 0.3) is 5.69 Å². The van der Waals surface area contributed by atoms with Gasteiger partial charge in [-0.15, -0.1) is 0 Å². The van der Waals surface area contributed by atoms with Gasteiger partial charge in [0.15, 0.2) is 11.5 Å². The SMILES string of the molecule is Cc1nc(C2(NC(=O)c3nn(-c4ccc(F)cc4)c4c3CCCC4)CCCCC2)no1. The number of aromatic nitrogens is 4. The molecule has 0 saturated heterocycles. The summed E-state index contributed by atoms with van der Waals surface area (Å²) in [6.07, 6.45) is 8.41. The normalized spacial score (nSPS) is 17.9. The molecule has 1 fully saturated rings. The third-order valence-corrected chi connectivity index (χ3v) is 6.48. The molecule has 0 bridgehead atoms. The summed E-state index contributed by atoms with van der Waals surface area (Å²) >= 11 is 0. The van der Waals surface area contributed by atoms with Gasteiger partial charge in [-0.2, -0.15) is 10.1 Å². The molecule has 3 aromatic rings. The number of nitrogens with zero attached hydrogens (tertiary/aromatic N) is 4. The molecule has 2 aromatic heterocycles. The summed E-state index contributed by atoms with van der Waals surface area (Å²) in [5.74, 6) is 0.540. The first-order valence-corrected chi connectivity index (χ1v) is 11.1. The predicted octanol–water partition coefficient (Wildman–Crippen LogP) is 4.17. The Morgan fingerprint density at radius 2 is 1.84 bits per heavy atom. The third-order valence-electron chi connectivity index (χ3n) is 6.48. The molecule has 2 aliphatic rings. The zero-order chi connectivity index (χ0) is 21.4. The van der Waals surface area contributed by atoms with Gasteiger partial charge in [-0.3, -0.25) is 4.79 Å². The summed E-state index contributed by atoms with van der Waals surface area (Å²) in [6, 6.07) is 6.23. The standard InChI is InChI=1S/C23H26FN5O2/c1-15-25-22(28-31-15)23(13-5-2-6-14-23)26-21(30)20-18-7-3-4-8-19(18)29(27-20)17-11-9-16(24)10-12-17/h9-12H,2-8,13-14H2,1H3,(H,26,30). The van der Waals surface area contributed by atoms with Crippen LogP contribution < -0.4 is 5.32 Å². The van der Waals surface area contributed by atoms with Crippen LogP contribution in [0, 0.1) is 12.7 Å². The van der Waals surface area contributed by atoms with Crippen molar-refractivity contribution < 1.29 is 13.7 Å². The molecule has 162 valence electrons. The highest BCUT2D eigenvalue weighted by atomic mass is 19.1. The number of hydrogen-bond donors (Lipinski definition) is 1. The van der Waals surface area contributed by atoms with Gasteiger partial charge in [-0.1, -0.05) is 24.4 Å². The van der Waals surface area contributed by atoms with Crippen molar-refractivity contribution in [3.63, 3.8) is 0 Å². The lowest BCUT2D eigenvalue weighted by atomic mass is 9.80. The van der Waals surface area contributed by atoms with Crippen molar-refractivity contribution in [1.82, 2.24) is 25.2 Å². The van der Waals surface area contributed by atoms with E-state index >= 15 is 0 Å². The molecule has 1 N–H and O–H groups in total. The van der Waals surface area contributed by atoms with Gasteiger partial charge < -0.3 is 9.84 Å². The van der Waals surface area contributed by atoms with E-state index in [2.05, 4.69) is 15.5 Å². The van der Waals surface area contributed by atoms with E-state index in [1.54, 1.807) is 23.7 Å². The van der Waals surface area contributed by atoms with Crippen molar-refractivity contribution in [3.05, 3.63) is 58.7 Å². The van der Waals surface area contributed by atoms with Crippen molar-refractivity contribution in [1.29, 1.82) is 0 Å². The molecule has 0 aliphatic heterocycles. The van der Waals surface area contributed by atoms with E-state index in [0.717, 1.165) is 74.7 Å². The van der Waals surface area contributed by atoms with Crippen molar-refractivity contribution in [3.8, 4) is 5.69 Å². The van der Waals surface area contributed by atoms with E-state index in [9.17, 15) is 9.18 Å². The highest BCUT2D eigenvalue weighted by Crippen LogP contribution is 2.36. The number of halogens is 1. The Labute approximate surface area is 180 Å². The van der Waals surface area contributed by atoms with Crippen molar-refractivity contribution in [2.24, 2.45) is 0 Å². The zero-order valence-corrected chi connectivity index (χ0v) is 17.7. The Hall–Kier alpha value is -3.03. The first-order chi connectivity index (χ1) is 15.1. The number of aryl methyl sites for hydroxylation is 1. The lowest BCUT2D eigenvalue weighted by Gasteiger charge is -2.35. The number of amides is 1. The summed E-state index contributed by atoms with van der Waals surface area (Å²) < 4.78 is 20.5. The first-order valence-electron chi connectivity index (χ1n) is 11.1. The van der Waals surface area contributed by atoms with Gasteiger partial charge in [0.05, 0.1) is 5.69 Å². The number of carbonyl (C=O) groups excluding carboxylic acids is 1. The van der Waals surface area contributed by atoms with E-state index in [-0.39, 0.29) is 11.7 Å². The molecule has 1 saturated carbocycles. The Balaban J connectivity index is 1.52. The molecule has 8 heteroatoms. The Bertz CT molecular complexity index is 1100. The Morgan fingerprint density at radius 1 is 1.10 bits per heavy atom. The second-order valence-electron chi connectivity index (χ2n) is 8.60. The highest BCUT2D eigenvalue weighted by Gasteiger charge is 2.41. The predicted molar refractivity (Wildman–Crippen MR) is 111 cm³/mol. The Kier molecular flexibility index (Phi) is 5.08. The highest BCUT2D eigenvalue weighted by molar-refractivity contribution is 5.94. The largest absolute Gasteiger partial charge is 0.340 e. The van der Waals surface area contributed by atoms with Crippen LogP contribution in [-0.2, 0) is 18.4 Å². The topological polar surface area (TPSA) is 85.8 Å². The van der Waals surface area contributed by atoms with Crippen molar-refractivity contribution in [2.75, 3.05) is 0 Å². The lowest BCUT2D eigenvalue weighted by Crippen LogP contribution is -2.48. The van der Waals surface area contributed by atoms with Gasteiger partial charge in [0.25, 0.3) is 5.91 Å². The second-order valence-corrected chi connectivity index (χ2v) is 8.60. The number of benzene rings is 1. The summed E-state index contributed by atoms with van der Waals surface area (Å²) in [5.41, 5.74) is 2.61. The van der Waals surface area contributed by atoms with E-state index < -0.39 is 5.54 Å². The molecule has 5 rings (SSSR count). The number of nitrogens with one attached hydrogen (secondary N) is 1. The van der Waals surface area contributed by atoms with Crippen LogP contribution in [0.15, 0.2) is 28.8 Å². The third kappa shape index (κ3) is 3.64. The van der Waals surface area contributed by atoms with Crippen molar-refractivity contribution >= 4 is 5.91 Å². The van der Waals surface area contributed by atoms with E-state index in [0.29, 0.717) is 17.4 Å². The average molecular weight is 423 g/mol. The molecule has 2 aliphatic carbocycles. The summed E-state index contributed by atoms with van der Waals surface area (Å²) in [6.45, 7) is 1.76. The first kappa shape index (κ1) is 19.9. The average Bonchev–Trinajstić information content (AvgIpc) is 3.39. The molecule has 2 heterocycles. The zero-order valence-electron chi connectivity index (χ0n) is 17.7. The summed E-state index contributed by atoms with van der Waals surface area (Å²) in [4.78, 5) is 18.0. The minimum atomic E-state index is -0.631. The van der Waals surface area contributed by atoms with Gasteiger partial charge >= 0.3 is 0 Å². The van der Waals surface area contributed by atoms with Gasteiger partial charge in [0.2, 0.25) is 5.89 Å². The van der Waals surface area contributed by atoms with Crippen molar-refractivity contribution in [2.45, 2.75) is 70.3 Å². The Morgan fingerprint density at radius 3 is 2.55 bits per heavy atom. The van der Waals surface area contributed by atoms with Crippen LogP contribution in [0.3, 0.4) is 0 Å². The fourth-order valence-corrected chi connectivity index (χ4v) is 4.91. The molecule has 7 nitrogen and oxygen atoms in total. The monoisotopic (exact) mass is 423 g/mol. The molecular formula is C23H26FN5O2.